The van der Waals surface area contributed by atoms with Crippen molar-refractivity contribution >= 4 is 11.6 Å². The molecule has 0 fully saturated rings. The van der Waals surface area contributed by atoms with Crippen LogP contribution in [-0.4, -0.2) is 13.2 Å². The molecule has 1 aliphatic heterocycles. The topological polar surface area (TPSA) is 34.4 Å². The van der Waals surface area contributed by atoms with Gasteiger partial charge in [-0.15, -0.1) is 0 Å². The predicted molar refractivity (Wildman–Crippen MR) is 68.0 cm³/mol. The molecule has 1 aliphatic rings. The lowest BCUT2D eigenvalue weighted by molar-refractivity contribution is 0.219. The van der Waals surface area contributed by atoms with Crippen molar-refractivity contribution in [2.75, 3.05) is 13.2 Å². The van der Waals surface area contributed by atoms with Gasteiger partial charge < -0.3 is 14.5 Å². The Morgan fingerprint density at radius 3 is 3.00 bits per heavy atom. The second-order valence-electron chi connectivity index (χ2n) is 4.20. The van der Waals surface area contributed by atoms with Gasteiger partial charge in [0.1, 0.15) is 0 Å². The normalized spacial score (nSPS) is 17.4. The van der Waals surface area contributed by atoms with E-state index in [1.54, 1.807) is 6.26 Å². The molecule has 0 amide bonds. The summed E-state index contributed by atoms with van der Waals surface area (Å²) in [5.41, 5.74) is 2.24. The maximum Gasteiger partial charge on any atom is 0.198 e. The van der Waals surface area contributed by atoms with E-state index in [1.807, 2.05) is 12.3 Å². The third kappa shape index (κ3) is 3.05. The van der Waals surface area contributed by atoms with Gasteiger partial charge in [-0.25, -0.2) is 0 Å². The molecule has 1 aromatic rings. The highest BCUT2D eigenvalue weighted by molar-refractivity contribution is 6.29. The van der Waals surface area contributed by atoms with E-state index in [-0.39, 0.29) is 6.04 Å². The molecule has 0 aliphatic carbocycles. The standard InChI is InChI=1S/C13H18ClNO2/c1-2-6-15-12(10-4-3-7-16-9-10)11-5-8-17-13(11)14/h5,8-9,12,15H,2-4,6-7H2,1H3. The Labute approximate surface area is 107 Å². The van der Waals surface area contributed by atoms with Crippen LogP contribution >= 0.6 is 11.6 Å². The van der Waals surface area contributed by atoms with Crippen LogP contribution in [0.1, 0.15) is 37.8 Å². The molecule has 0 radical (unpaired) electrons. The zero-order valence-corrected chi connectivity index (χ0v) is 10.8. The summed E-state index contributed by atoms with van der Waals surface area (Å²) in [4.78, 5) is 0. The third-order valence-electron chi connectivity index (χ3n) is 2.89. The van der Waals surface area contributed by atoms with Crippen molar-refractivity contribution in [3.63, 3.8) is 0 Å². The molecule has 0 aromatic carbocycles. The quantitative estimate of drug-likeness (QED) is 0.872. The maximum atomic E-state index is 6.06. The Hall–Kier alpha value is -0.930. The largest absolute Gasteiger partial charge is 0.501 e. The zero-order chi connectivity index (χ0) is 12.1. The Kier molecular flexibility index (Phi) is 4.51. The third-order valence-corrected chi connectivity index (χ3v) is 3.20. The Morgan fingerprint density at radius 2 is 2.41 bits per heavy atom. The lowest BCUT2D eigenvalue weighted by atomic mass is 9.97. The van der Waals surface area contributed by atoms with Crippen LogP contribution < -0.4 is 5.32 Å². The summed E-state index contributed by atoms with van der Waals surface area (Å²) in [6.45, 7) is 3.90. The van der Waals surface area contributed by atoms with Crippen molar-refractivity contribution in [2.45, 2.75) is 32.2 Å². The van der Waals surface area contributed by atoms with Crippen molar-refractivity contribution in [1.82, 2.24) is 5.32 Å². The summed E-state index contributed by atoms with van der Waals surface area (Å²) in [5, 5.41) is 3.95. The minimum absolute atomic E-state index is 0.112. The predicted octanol–water partition coefficient (Wildman–Crippen LogP) is 3.67. The summed E-state index contributed by atoms with van der Waals surface area (Å²) < 4.78 is 10.6. The fraction of sp³-hybridized carbons (Fsp3) is 0.538. The van der Waals surface area contributed by atoms with Crippen molar-refractivity contribution in [2.24, 2.45) is 0 Å². The summed E-state index contributed by atoms with van der Waals surface area (Å²) in [6.07, 6.45) is 6.68. The van der Waals surface area contributed by atoms with Crippen molar-refractivity contribution in [3.8, 4) is 0 Å². The minimum Gasteiger partial charge on any atom is -0.501 e. The first-order chi connectivity index (χ1) is 8.33. The summed E-state index contributed by atoms with van der Waals surface area (Å²) >= 11 is 6.06. The fourth-order valence-corrected chi connectivity index (χ4v) is 2.26. The van der Waals surface area contributed by atoms with Crippen molar-refractivity contribution in [3.05, 3.63) is 34.9 Å². The maximum absolute atomic E-state index is 6.06. The van der Waals surface area contributed by atoms with Crippen LogP contribution in [0.15, 0.2) is 28.6 Å². The van der Waals surface area contributed by atoms with Gasteiger partial charge in [0.25, 0.3) is 0 Å². The van der Waals surface area contributed by atoms with Gasteiger partial charge in [0, 0.05) is 5.56 Å². The van der Waals surface area contributed by atoms with Gasteiger partial charge >= 0.3 is 0 Å². The fourth-order valence-electron chi connectivity index (χ4n) is 2.04. The number of furan rings is 1. The Balaban J connectivity index is 2.18. The molecule has 17 heavy (non-hydrogen) atoms. The summed E-state index contributed by atoms with van der Waals surface area (Å²) in [5.74, 6) is 0. The molecular weight excluding hydrogens is 238 g/mol. The summed E-state index contributed by atoms with van der Waals surface area (Å²) in [7, 11) is 0. The number of nitrogens with one attached hydrogen (secondary N) is 1. The number of ether oxygens (including phenoxy) is 1. The van der Waals surface area contributed by atoms with E-state index in [0.717, 1.165) is 38.0 Å². The van der Waals surface area contributed by atoms with Gasteiger partial charge in [0.2, 0.25) is 0 Å². The molecular formula is C13H18ClNO2. The number of hydrogen-bond donors (Lipinski definition) is 1. The molecule has 2 rings (SSSR count). The van der Waals surface area contributed by atoms with E-state index in [0.29, 0.717) is 5.22 Å². The first-order valence-corrected chi connectivity index (χ1v) is 6.47. The minimum atomic E-state index is 0.112. The average molecular weight is 256 g/mol. The molecule has 1 aromatic heterocycles. The second kappa shape index (κ2) is 6.12. The highest BCUT2D eigenvalue weighted by atomic mass is 35.5. The molecule has 0 saturated carbocycles. The SMILES string of the molecule is CCCNC(C1=COCCC1)c1ccoc1Cl. The number of hydrogen-bond acceptors (Lipinski definition) is 3. The van der Waals surface area contributed by atoms with E-state index >= 15 is 0 Å². The van der Waals surface area contributed by atoms with E-state index in [9.17, 15) is 0 Å². The molecule has 3 nitrogen and oxygen atoms in total. The molecule has 94 valence electrons. The number of halogens is 1. The molecule has 2 heterocycles. The van der Waals surface area contributed by atoms with Gasteiger partial charge in [-0.2, -0.15) is 0 Å². The molecule has 4 heteroatoms. The van der Waals surface area contributed by atoms with Crippen LogP contribution in [0.5, 0.6) is 0 Å². The van der Waals surface area contributed by atoms with E-state index in [2.05, 4.69) is 12.2 Å². The van der Waals surface area contributed by atoms with Gasteiger partial charge in [0.15, 0.2) is 5.22 Å². The van der Waals surface area contributed by atoms with Crippen molar-refractivity contribution in [1.29, 1.82) is 0 Å². The van der Waals surface area contributed by atoms with Gasteiger partial charge in [-0.05, 0) is 49.0 Å². The second-order valence-corrected chi connectivity index (χ2v) is 4.55. The van der Waals surface area contributed by atoms with Crippen LogP contribution in [0.4, 0.5) is 0 Å². The van der Waals surface area contributed by atoms with E-state index < -0.39 is 0 Å². The first-order valence-electron chi connectivity index (χ1n) is 6.09. The Morgan fingerprint density at radius 1 is 1.53 bits per heavy atom. The van der Waals surface area contributed by atoms with Crippen LogP contribution in [0, 0.1) is 0 Å². The molecule has 0 spiro atoms. The highest BCUT2D eigenvalue weighted by Gasteiger charge is 2.22. The number of rotatable bonds is 5. The van der Waals surface area contributed by atoms with Gasteiger partial charge in [-0.3, -0.25) is 0 Å². The van der Waals surface area contributed by atoms with E-state index in [1.165, 1.54) is 5.57 Å². The average Bonchev–Trinajstić information content (AvgIpc) is 2.78. The summed E-state index contributed by atoms with van der Waals surface area (Å²) in [6, 6.07) is 2.03. The van der Waals surface area contributed by atoms with Crippen molar-refractivity contribution < 1.29 is 9.15 Å². The van der Waals surface area contributed by atoms with Crippen LogP contribution in [-0.2, 0) is 4.74 Å². The van der Waals surface area contributed by atoms with Crippen LogP contribution in [0.3, 0.4) is 0 Å². The highest BCUT2D eigenvalue weighted by Crippen LogP contribution is 2.32. The molecule has 1 atom stereocenters. The Bertz CT molecular complexity index is 387. The van der Waals surface area contributed by atoms with E-state index in [4.69, 9.17) is 20.8 Å². The lowest BCUT2D eigenvalue weighted by Gasteiger charge is -2.23. The smallest absolute Gasteiger partial charge is 0.198 e. The molecule has 0 bridgehead atoms. The van der Waals surface area contributed by atoms with Crippen LogP contribution in [0.25, 0.3) is 0 Å². The lowest BCUT2D eigenvalue weighted by Crippen LogP contribution is -2.25. The molecule has 1 N–H and O–H groups in total. The monoisotopic (exact) mass is 255 g/mol. The van der Waals surface area contributed by atoms with Gasteiger partial charge in [0.05, 0.1) is 25.2 Å². The van der Waals surface area contributed by atoms with Crippen LogP contribution in [0.2, 0.25) is 5.22 Å². The first kappa shape index (κ1) is 12.5. The molecule has 0 saturated heterocycles. The molecule has 1 unspecified atom stereocenters. The zero-order valence-electron chi connectivity index (χ0n) is 10.0. The van der Waals surface area contributed by atoms with Gasteiger partial charge in [-0.1, -0.05) is 6.92 Å².